The van der Waals surface area contributed by atoms with Crippen LogP contribution in [0.3, 0.4) is 0 Å². The summed E-state index contributed by atoms with van der Waals surface area (Å²) in [5.74, 6) is 3.16. The van der Waals surface area contributed by atoms with E-state index in [0.29, 0.717) is 12.5 Å². The van der Waals surface area contributed by atoms with Crippen molar-refractivity contribution < 1.29 is 9.47 Å². The Hall–Kier alpha value is -3.02. The molecule has 0 aliphatic heterocycles. The van der Waals surface area contributed by atoms with E-state index in [2.05, 4.69) is 10.1 Å². The van der Waals surface area contributed by atoms with Crippen LogP contribution in [-0.2, 0) is 6.54 Å². The van der Waals surface area contributed by atoms with E-state index in [4.69, 9.17) is 9.47 Å². The van der Waals surface area contributed by atoms with E-state index in [0.717, 1.165) is 28.5 Å². The summed E-state index contributed by atoms with van der Waals surface area (Å²) in [6, 6.07) is 15.8. The van der Waals surface area contributed by atoms with E-state index in [1.165, 1.54) is 0 Å². The van der Waals surface area contributed by atoms with Gasteiger partial charge in [-0.15, -0.1) is 5.10 Å². The van der Waals surface area contributed by atoms with Crippen LogP contribution < -0.4 is 14.4 Å². The molecule has 0 atom stereocenters. The molecule has 0 bridgehead atoms. The summed E-state index contributed by atoms with van der Waals surface area (Å²) < 4.78 is 12.4. The molecule has 0 N–H and O–H groups in total. The molecule has 1 aromatic heterocycles. The van der Waals surface area contributed by atoms with Gasteiger partial charge in [0.1, 0.15) is 11.5 Å². The Kier molecular flexibility index (Phi) is 4.88. The van der Waals surface area contributed by atoms with Gasteiger partial charge in [-0.25, -0.2) is 4.68 Å². The molecular weight excluding hydrogens is 316 g/mol. The molecular formula is C19H22N4O2. The van der Waals surface area contributed by atoms with Crippen molar-refractivity contribution in [3.63, 3.8) is 0 Å². The molecule has 0 saturated carbocycles. The van der Waals surface area contributed by atoms with Crippen LogP contribution in [0.25, 0.3) is 11.4 Å². The molecule has 3 rings (SSSR count). The zero-order valence-electron chi connectivity index (χ0n) is 14.9. The number of hydrogen-bond acceptors (Lipinski definition) is 5. The maximum atomic E-state index is 5.23. The number of ether oxygens (including phenoxy) is 2. The number of benzene rings is 2. The first-order valence-corrected chi connectivity index (χ1v) is 8.00. The Morgan fingerprint density at radius 3 is 1.96 bits per heavy atom. The van der Waals surface area contributed by atoms with Gasteiger partial charge in [-0.05, 0) is 42.0 Å². The van der Waals surface area contributed by atoms with Crippen LogP contribution in [0.2, 0.25) is 0 Å². The maximum absolute atomic E-state index is 5.23. The molecule has 6 heteroatoms. The molecule has 1 heterocycles. The van der Waals surface area contributed by atoms with Crippen molar-refractivity contribution in [2.75, 3.05) is 33.2 Å². The third-order valence-electron chi connectivity index (χ3n) is 3.90. The van der Waals surface area contributed by atoms with E-state index in [1.54, 1.807) is 14.2 Å². The topological polar surface area (TPSA) is 52.4 Å². The van der Waals surface area contributed by atoms with Crippen molar-refractivity contribution >= 4 is 5.95 Å². The van der Waals surface area contributed by atoms with Gasteiger partial charge in [0.25, 0.3) is 0 Å². The Morgan fingerprint density at radius 2 is 1.44 bits per heavy atom. The SMILES string of the molecule is COc1ccc(Cn2nc(N(C)C)nc2-c2ccc(OC)cc2)cc1. The Balaban J connectivity index is 1.95. The highest BCUT2D eigenvalue weighted by Crippen LogP contribution is 2.24. The molecule has 0 aliphatic rings. The van der Waals surface area contributed by atoms with Crippen LogP contribution >= 0.6 is 0 Å². The molecule has 0 saturated heterocycles. The van der Waals surface area contributed by atoms with E-state index >= 15 is 0 Å². The fourth-order valence-corrected chi connectivity index (χ4v) is 2.49. The number of anilines is 1. The second-order valence-electron chi connectivity index (χ2n) is 5.86. The monoisotopic (exact) mass is 338 g/mol. The van der Waals surface area contributed by atoms with Crippen molar-refractivity contribution in [2.24, 2.45) is 0 Å². The van der Waals surface area contributed by atoms with E-state index < -0.39 is 0 Å². The molecule has 0 aliphatic carbocycles. The molecule has 25 heavy (non-hydrogen) atoms. The van der Waals surface area contributed by atoms with E-state index in [1.807, 2.05) is 72.2 Å². The van der Waals surface area contributed by atoms with Crippen molar-refractivity contribution in [3.05, 3.63) is 54.1 Å². The summed E-state index contributed by atoms with van der Waals surface area (Å²) in [6.07, 6.45) is 0. The second kappa shape index (κ2) is 7.25. The first-order chi connectivity index (χ1) is 12.1. The van der Waals surface area contributed by atoms with Crippen LogP contribution in [0.4, 0.5) is 5.95 Å². The fraction of sp³-hybridized carbons (Fsp3) is 0.263. The van der Waals surface area contributed by atoms with Crippen LogP contribution in [0.15, 0.2) is 48.5 Å². The molecule has 0 amide bonds. The van der Waals surface area contributed by atoms with Gasteiger partial charge in [0.05, 0.1) is 20.8 Å². The predicted octanol–water partition coefficient (Wildman–Crippen LogP) is 3.08. The zero-order valence-corrected chi connectivity index (χ0v) is 14.9. The van der Waals surface area contributed by atoms with Gasteiger partial charge in [0.2, 0.25) is 5.95 Å². The lowest BCUT2D eigenvalue weighted by Gasteiger charge is -2.08. The summed E-state index contributed by atoms with van der Waals surface area (Å²) in [6.45, 7) is 0.631. The number of hydrogen-bond donors (Lipinski definition) is 0. The van der Waals surface area contributed by atoms with Crippen molar-refractivity contribution in [3.8, 4) is 22.9 Å². The minimum absolute atomic E-state index is 0.631. The Labute approximate surface area is 147 Å². The molecule has 0 radical (unpaired) electrons. The number of rotatable bonds is 6. The zero-order chi connectivity index (χ0) is 17.8. The Morgan fingerprint density at radius 1 is 0.880 bits per heavy atom. The number of nitrogens with zero attached hydrogens (tertiary/aromatic N) is 4. The molecule has 0 fully saturated rings. The molecule has 6 nitrogen and oxygen atoms in total. The highest BCUT2D eigenvalue weighted by Gasteiger charge is 2.14. The van der Waals surface area contributed by atoms with Crippen molar-refractivity contribution in [1.29, 1.82) is 0 Å². The third-order valence-corrected chi connectivity index (χ3v) is 3.90. The van der Waals surface area contributed by atoms with Gasteiger partial charge in [-0.1, -0.05) is 12.1 Å². The lowest BCUT2D eigenvalue weighted by Crippen LogP contribution is -2.11. The van der Waals surface area contributed by atoms with Crippen molar-refractivity contribution in [1.82, 2.24) is 14.8 Å². The predicted molar refractivity (Wildman–Crippen MR) is 98.4 cm³/mol. The normalized spacial score (nSPS) is 10.6. The van der Waals surface area contributed by atoms with Crippen LogP contribution in [0.5, 0.6) is 11.5 Å². The second-order valence-corrected chi connectivity index (χ2v) is 5.86. The van der Waals surface area contributed by atoms with Crippen LogP contribution in [0, 0.1) is 0 Å². The van der Waals surface area contributed by atoms with Gasteiger partial charge in [-0.3, -0.25) is 0 Å². The summed E-state index contributed by atoms with van der Waals surface area (Å²) in [4.78, 5) is 6.58. The van der Waals surface area contributed by atoms with Gasteiger partial charge in [0.15, 0.2) is 5.82 Å². The number of methoxy groups -OCH3 is 2. The molecule has 0 spiro atoms. The average molecular weight is 338 g/mol. The Bertz CT molecular complexity index is 824. The number of aromatic nitrogens is 3. The van der Waals surface area contributed by atoms with Gasteiger partial charge in [0, 0.05) is 19.7 Å². The standard InChI is InChI=1S/C19H22N4O2/c1-22(2)19-20-18(15-7-11-17(25-4)12-8-15)23(21-19)13-14-5-9-16(24-3)10-6-14/h5-12H,13H2,1-4H3. The quantitative estimate of drug-likeness (QED) is 0.691. The first kappa shape index (κ1) is 16.8. The molecule has 0 unspecified atom stereocenters. The molecule has 3 aromatic rings. The lowest BCUT2D eigenvalue weighted by atomic mass is 10.2. The van der Waals surface area contributed by atoms with E-state index in [9.17, 15) is 0 Å². The summed E-state index contributed by atoms with van der Waals surface area (Å²) >= 11 is 0. The fourth-order valence-electron chi connectivity index (χ4n) is 2.49. The van der Waals surface area contributed by atoms with Gasteiger partial charge < -0.3 is 14.4 Å². The minimum Gasteiger partial charge on any atom is -0.497 e. The largest absolute Gasteiger partial charge is 0.497 e. The molecule has 130 valence electrons. The summed E-state index contributed by atoms with van der Waals surface area (Å²) in [7, 11) is 7.19. The third kappa shape index (κ3) is 3.74. The lowest BCUT2D eigenvalue weighted by molar-refractivity contribution is 0.414. The highest BCUT2D eigenvalue weighted by molar-refractivity contribution is 5.58. The summed E-state index contributed by atoms with van der Waals surface area (Å²) in [5, 5.41) is 4.64. The highest BCUT2D eigenvalue weighted by atomic mass is 16.5. The van der Waals surface area contributed by atoms with Crippen LogP contribution in [0.1, 0.15) is 5.56 Å². The smallest absolute Gasteiger partial charge is 0.244 e. The van der Waals surface area contributed by atoms with Gasteiger partial charge in [-0.2, -0.15) is 4.98 Å². The van der Waals surface area contributed by atoms with E-state index in [-0.39, 0.29) is 0 Å². The van der Waals surface area contributed by atoms with Gasteiger partial charge >= 0.3 is 0 Å². The first-order valence-electron chi connectivity index (χ1n) is 8.00. The van der Waals surface area contributed by atoms with Crippen molar-refractivity contribution in [2.45, 2.75) is 6.54 Å². The van der Waals surface area contributed by atoms with Crippen LogP contribution in [-0.4, -0.2) is 43.1 Å². The average Bonchev–Trinajstić information content (AvgIpc) is 3.06. The minimum atomic E-state index is 0.631. The molecule has 2 aromatic carbocycles. The maximum Gasteiger partial charge on any atom is 0.244 e. The summed E-state index contributed by atoms with van der Waals surface area (Å²) in [5.41, 5.74) is 2.13.